The summed E-state index contributed by atoms with van der Waals surface area (Å²) in [7, 11) is 0. The molecule has 12 aromatic rings. The molecule has 3 nitrogen and oxygen atoms in total. The minimum Gasteiger partial charge on any atom is -0.435 e. The number of pyridine rings is 1. The maximum atomic E-state index is 6.64. The smallest absolute Gasteiger partial charge is 0.227 e. The van der Waals surface area contributed by atoms with Crippen LogP contribution in [0, 0.1) is 0 Å². The molecule has 0 aliphatic heterocycles. The van der Waals surface area contributed by atoms with Gasteiger partial charge in [0.05, 0.1) is 11.2 Å². The van der Waals surface area contributed by atoms with E-state index in [1.165, 1.54) is 48.8 Å². The fraction of sp³-hybridized carbons (Fsp3) is 0. The molecule has 0 radical (unpaired) electrons. The van der Waals surface area contributed by atoms with Gasteiger partial charge in [-0.2, -0.15) is 0 Å². The Morgan fingerprint density at radius 3 is 1.51 bits per heavy atom. The van der Waals surface area contributed by atoms with Gasteiger partial charge in [-0.3, -0.25) is 0 Å². The van der Waals surface area contributed by atoms with Gasteiger partial charge in [-0.25, -0.2) is 9.97 Å². The minimum atomic E-state index is 0.610. The van der Waals surface area contributed by atoms with E-state index in [4.69, 9.17) is 14.4 Å². The van der Waals surface area contributed by atoms with Crippen molar-refractivity contribution in [2.45, 2.75) is 0 Å². The van der Waals surface area contributed by atoms with Crippen LogP contribution in [-0.4, -0.2) is 9.97 Å². The molecule has 0 fully saturated rings. The lowest BCUT2D eigenvalue weighted by atomic mass is 9.89. The zero-order valence-electron chi connectivity index (χ0n) is 30.8. The van der Waals surface area contributed by atoms with Crippen LogP contribution in [0.3, 0.4) is 0 Å². The van der Waals surface area contributed by atoms with Crippen LogP contribution >= 0.6 is 0 Å². The number of hydrogen-bond acceptors (Lipinski definition) is 3. The van der Waals surface area contributed by atoms with E-state index in [1.54, 1.807) is 0 Å². The molecule has 0 aliphatic carbocycles. The zero-order chi connectivity index (χ0) is 37.5. The van der Waals surface area contributed by atoms with Gasteiger partial charge in [0.2, 0.25) is 5.89 Å². The fourth-order valence-corrected chi connectivity index (χ4v) is 9.00. The third-order valence-corrected chi connectivity index (χ3v) is 11.7. The van der Waals surface area contributed by atoms with Crippen LogP contribution in [0.5, 0.6) is 0 Å². The maximum Gasteiger partial charge on any atom is 0.227 e. The summed E-state index contributed by atoms with van der Waals surface area (Å²) in [5, 5.41) is 12.8. The van der Waals surface area contributed by atoms with Gasteiger partial charge in [-0.05, 0) is 84.2 Å². The number of fused-ring (bicyclic) bond motifs is 11. The molecule has 264 valence electrons. The molecule has 0 aliphatic rings. The number of nitrogens with zero attached hydrogens (tertiary/aromatic N) is 2. The van der Waals surface area contributed by atoms with Gasteiger partial charge in [0.25, 0.3) is 0 Å². The highest BCUT2D eigenvalue weighted by Gasteiger charge is 2.19. The van der Waals surface area contributed by atoms with Gasteiger partial charge in [0, 0.05) is 32.7 Å². The summed E-state index contributed by atoms with van der Waals surface area (Å²) >= 11 is 0. The Balaban J connectivity index is 1.10. The molecule has 2 aromatic heterocycles. The topological polar surface area (TPSA) is 38.9 Å². The number of oxazole rings is 1. The monoisotopic (exact) mass is 724 g/mol. The van der Waals surface area contributed by atoms with Crippen LogP contribution in [-0.2, 0) is 0 Å². The van der Waals surface area contributed by atoms with Gasteiger partial charge < -0.3 is 4.42 Å². The molecule has 0 amide bonds. The number of hydrogen-bond donors (Lipinski definition) is 0. The molecular formula is C54H32N2O. The molecule has 0 N–H and O–H groups in total. The van der Waals surface area contributed by atoms with E-state index in [9.17, 15) is 0 Å². The second kappa shape index (κ2) is 12.5. The fourth-order valence-electron chi connectivity index (χ4n) is 9.00. The summed E-state index contributed by atoms with van der Waals surface area (Å²) in [5.74, 6) is 0.610. The summed E-state index contributed by atoms with van der Waals surface area (Å²) in [6.45, 7) is 0. The lowest BCUT2D eigenvalue weighted by molar-refractivity contribution is 0.623. The molecule has 3 heteroatoms. The number of aromatic nitrogens is 2. The standard InChI is InChI=1S/C54H32N2O/c1-3-17-37-33(13-1)15-11-25-39(37)48-31-49-47(32-50(55-51(49)44-22-8-6-21-42(44)48)43-26-12-16-34-14-2-4-18-38(34)43)35-27-29-36(30-28-35)54-56-52-45-23-9-5-19-40(45)41-20-7-10-24-46(41)53(52)57-54/h1-32H. The van der Waals surface area contributed by atoms with Crippen molar-refractivity contribution in [3.05, 3.63) is 194 Å². The first-order valence-corrected chi connectivity index (χ1v) is 19.4. The zero-order valence-corrected chi connectivity index (χ0v) is 30.8. The quantitative estimate of drug-likeness (QED) is 0.170. The molecule has 10 aromatic carbocycles. The highest BCUT2D eigenvalue weighted by atomic mass is 16.3. The highest BCUT2D eigenvalue weighted by Crippen LogP contribution is 2.43. The average molecular weight is 725 g/mol. The van der Waals surface area contributed by atoms with Gasteiger partial charge in [0.1, 0.15) is 5.52 Å². The predicted molar refractivity (Wildman–Crippen MR) is 239 cm³/mol. The first-order chi connectivity index (χ1) is 28.3. The van der Waals surface area contributed by atoms with Crippen LogP contribution < -0.4 is 0 Å². The molecule has 0 saturated heterocycles. The largest absolute Gasteiger partial charge is 0.435 e. The lowest BCUT2D eigenvalue weighted by Crippen LogP contribution is -1.94. The molecule has 2 heterocycles. The van der Waals surface area contributed by atoms with Gasteiger partial charge in [0.15, 0.2) is 5.58 Å². The minimum absolute atomic E-state index is 0.610. The molecular weight excluding hydrogens is 693 g/mol. The Labute approximate surface area is 328 Å². The van der Waals surface area contributed by atoms with Gasteiger partial charge >= 0.3 is 0 Å². The summed E-state index contributed by atoms with van der Waals surface area (Å²) in [5.41, 5.74) is 10.3. The third-order valence-electron chi connectivity index (χ3n) is 11.7. The van der Waals surface area contributed by atoms with Crippen LogP contribution in [0.2, 0.25) is 0 Å². The number of benzene rings is 10. The van der Waals surface area contributed by atoms with Crippen LogP contribution in [0.25, 0.3) is 121 Å². The molecule has 0 unspecified atom stereocenters. The maximum absolute atomic E-state index is 6.64. The van der Waals surface area contributed by atoms with Crippen LogP contribution in [0.15, 0.2) is 199 Å². The third kappa shape index (κ3) is 4.92. The van der Waals surface area contributed by atoms with Gasteiger partial charge in [-0.1, -0.05) is 170 Å². The first kappa shape index (κ1) is 31.7. The first-order valence-electron chi connectivity index (χ1n) is 19.4. The Kier molecular flexibility index (Phi) is 6.93. The van der Waals surface area contributed by atoms with Crippen molar-refractivity contribution in [3.63, 3.8) is 0 Å². The van der Waals surface area contributed by atoms with Crippen molar-refractivity contribution in [1.82, 2.24) is 9.97 Å². The molecule has 0 atom stereocenters. The normalized spacial score (nSPS) is 11.9. The van der Waals surface area contributed by atoms with Crippen LogP contribution in [0.1, 0.15) is 0 Å². The molecule has 0 saturated carbocycles. The summed E-state index contributed by atoms with van der Waals surface area (Å²) in [6.07, 6.45) is 0. The summed E-state index contributed by atoms with van der Waals surface area (Å²) < 4.78 is 6.64. The predicted octanol–water partition coefficient (Wildman–Crippen LogP) is 14.8. The average Bonchev–Trinajstić information content (AvgIpc) is 3.75. The van der Waals surface area contributed by atoms with Crippen molar-refractivity contribution < 1.29 is 4.42 Å². The van der Waals surface area contributed by atoms with Crippen LogP contribution in [0.4, 0.5) is 0 Å². The van der Waals surface area contributed by atoms with Crippen molar-refractivity contribution in [2.24, 2.45) is 0 Å². The van der Waals surface area contributed by atoms with E-state index in [0.29, 0.717) is 5.89 Å². The Bertz CT molecular complexity index is 3500. The van der Waals surface area contributed by atoms with E-state index in [1.807, 2.05) is 0 Å². The Morgan fingerprint density at radius 2 is 0.807 bits per heavy atom. The van der Waals surface area contributed by atoms with E-state index in [-0.39, 0.29) is 0 Å². The van der Waals surface area contributed by atoms with Crippen molar-refractivity contribution >= 4 is 75.9 Å². The van der Waals surface area contributed by atoms with Crippen molar-refractivity contribution in [2.75, 3.05) is 0 Å². The van der Waals surface area contributed by atoms with Crippen molar-refractivity contribution in [1.29, 1.82) is 0 Å². The molecule has 0 spiro atoms. The molecule has 12 rings (SSSR count). The SMILES string of the molecule is c1ccc2c(-c3cc(-c4ccc(-c5nc6c7ccccc7c7ccccc7c6o5)cc4)c4cc(-c5cccc6ccccc56)c5ccccc5c4n3)cccc2c1. The van der Waals surface area contributed by atoms with E-state index >= 15 is 0 Å². The van der Waals surface area contributed by atoms with E-state index < -0.39 is 0 Å². The summed E-state index contributed by atoms with van der Waals surface area (Å²) in [6, 6.07) is 69.2. The Morgan fingerprint density at radius 1 is 0.298 bits per heavy atom. The highest BCUT2D eigenvalue weighted by molar-refractivity contribution is 6.23. The Hall–Kier alpha value is -7.62. The van der Waals surface area contributed by atoms with Gasteiger partial charge in [-0.15, -0.1) is 0 Å². The molecule has 0 bridgehead atoms. The van der Waals surface area contributed by atoms with E-state index in [0.717, 1.165) is 66.1 Å². The van der Waals surface area contributed by atoms with Crippen molar-refractivity contribution in [3.8, 4) is 45.0 Å². The molecule has 57 heavy (non-hydrogen) atoms. The van der Waals surface area contributed by atoms with E-state index in [2.05, 4.69) is 194 Å². The second-order valence-corrected chi connectivity index (χ2v) is 14.8. The lowest BCUT2D eigenvalue weighted by Gasteiger charge is -2.17. The number of rotatable bonds is 4. The second-order valence-electron chi connectivity index (χ2n) is 14.8. The summed E-state index contributed by atoms with van der Waals surface area (Å²) in [4.78, 5) is 10.6.